The maximum absolute atomic E-state index is 13.3. The van der Waals surface area contributed by atoms with Crippen molar-refractivity contribution >= 4 is 11.6 Å². The van der Waals surface area contributed by atoms with Gasteiger partial charge < -0.3 is 5.32 Å². The van der Waals surface area contributed by atoms with E-state index in [1.807, 2.05) is 0 Å². The Bertz CT molecular complexity index is 388. The minimum Gasteiger partial charge on any atom is -0.311 e. The third-order valence-electron chi connectivity index (χ3n) is 2.55. The van der Waals surface area contributed by atoms with Gasteiger partial charge in [-0.05, 0) is 17.9 Å². The van der Waals surface area contributed by atoms with Crippen LogP contribution in [0.2, 0.25) is 0 Å². The largest absolute Gasteiger partial charge is 0.311 e. The Balaban J connectivity index is 2.40. The quantitative estimate of drug-likeness (QED) is 0.798. The second-order valence-corrected chi connectivity index (χ2v) is 6.32. The van der Waals surface area contributed by atoms with Gasteiger partial charge in [-0.25, -0.2) is 8.78 Å². The van der Waals surface area contributed by atoms with Crippen molar-refractivity contribution in [2.24, 2.45) is 5.41 Å². The van der Waals surface area contributed by atoms with Crippen LogP contribution in [0, 0.1) is 17.0 Å². The molecule has 18 heavy (non-hydrogen) atoms. The van der Waals surface area contributed by atoms with E-state index < -0.39 is 11.6 Å². The first-order chi connectivity index (χ1) is 8.29. The summed E-state index contributed by atoms with van der Waals surface area (Å²) >= 11 is 6.17. The Hall–Kier alpha value is -0.670. The van der Waals surface area contributed by atoms with Gasteiger partial charge in [0.05, 0.1) is 0 Å². The molecule has 102 valence electrons. The first kappa shape index (κ1) is 15.4. The molecule has 0 saturated heterocycles. The van der Waals surface area contributed by atoms with Gasteiger partial charge in [0.15, 0.2) is 11.6 Å². The summed E-state index contributed by atoms with van der Waals surface area (Å²) in [6, 6.07) is 4.18. The van der Waals surface area contributed by atoms with Crippen LogP contribution in [0.1, 0.15) is 32.8 Å². The summed E-state index contributed by atoms with van der Waals surface area (Å²) < 4.78 is 26.3. The Morgan fingerprint density at radius 3 is 2.56 bits per heavy atom. The zero-order valence-electron chi connectivity index (χ0n) is 11.1. The molecule has 0 aliphatic heterocycles. The second-order valence-electron chi connectivity index (χ2n) is 5.71. The predicted molar refractivity (Wildman–Crippen MR) is 71.8 cm³/mol. The number of halogens is 3. The highest BCUT2D eigenvalue weighted by molar-refractivity contribution is 6.20. The molecule has 1 rings (SSSR count). The fourth-order valence-electron chi connectivity index (χ4n) is 1.79. The van der Waals surface area contributed by atoms with Crippen LogP contribution >= 0.6 is 11.6 Å². The average molecular weight is 276 g/mol. The lowest BCUT2D eigenvalue weighted by Gasteiger charge is -2.22. The SMILES string of the molecule is CC(C)(C)CC(Cl)CNCc1cccc(F)c1F. The number of nitrogens with one attached hydrogen (secondary N) is 1. The molecule has 0 aliphatic rings. The van der Waals surface area contributed by atoms with Gasteiger partial charge in [-0.2, -0.15) is 0 Å². The van der Waals surface area contributed by atoms with Crippen molar-refractivity contribution in [2.45, 2.75) is 39.1 Å². The lowest BCUT2D eigenvalue weighted by molar-refractivity contribution is 0.364. The Morgan fingerprint density at radius 2 is 1.94 bits per heavy atom. The molecule has 1 atom stereocenters. The van der Waals surface area contributed by atoms with Crippen LogP contribution in [0.25, 0.3) is 0 Å². The highest BCUT2D eigenvalue weighted by Crippen LogP contribution is 2.23. The number of hydrogen-bond donors (Lipinski definition) is 1. The molecule has 0 bridgehead atoms. The number of hydrogen-bond acceptors (Lipinski definition) is 1. The third kappa shape index (κ3) is 5.32. The van der Waals surface area contributed by atoms with Gasteiger partial charge in [0.1, 0.15) is 0 Å². The molecule has 4 heteroatoms. The van der Waals surface area contributed by atoms with Gasteiger partial charge in [0.25, 0.3) is 0 Å². The molecule has 1 unspecified atom stereocenters. The first-order valence-electron chi connectivity index (χ1n) is 6.07. The maximum Gasteiger partial charge on any atom is 0.163 e. The summed E-state index contributed by atoms with van der Waals surface area (Å²) in [5, 5.41) is 3.04. The molecule has 1 aromatic carbocycles. The van der Waals surface area contributed by atoms with E-state index in [-0.39, 0.29) is 17.3 Å². The average Bonchev–Trinajstić information content (AvgIpc) is 2.21. The van der Waals surface area contributed by atoms with Crippen LogP contribution in [0.3, 0.4) is 0 Å². The Labute approximate surface area is 113 Å². The molecule has 0 spiro atoms. The topological polar surface area (TPSA) is 12.0 Å². The molecule has 0 amide bonds. The lowest BCUT2D eigenvalue weighted by atomic mass is 9.90. The molecule has 1 N–H and O–H groups in total. The van der Waals surface area contributed by atoms with Crippen molar-refractivity contribution in [1.82, 2.24) is 5.32 Å². The van der Waals surface area contributed by atoms with Crippen LogP contribution < -0.4 is 5.32 Å². The van der Waals surface area contributed by atoms with Gasteiger partial charge in [-0.1, -0.05) is 32.9 Å². The van der Waals surface area contributed by atoms with Gasteiger partial charge in [-0.3, -0.25) is 0 Å². The van der Waals surface area contributed by atoms with Crippen molar-refractivity contribution in [3.63, 3.8) is 0 Å². The van der Waals surface area contributed by atoms with Crippen LogP contribution in [-0.2, 0) is 6.54 Å². The highest BCUT2D eigenvalue weighted by atomic mass is 35.5. The first-order valence-corrected chi connectivity index (χ1v) is 6.51. The van der Waals surface area contributed by atoms with Crippen molar-refractivity contribution in [3.8, 4) is 0 Å². The van der Waals surface area contributed by atoms with E-state index in [2.05, 4.69) is 26.1 Å². The summed E-state index contributed by atoms with van der Waals surface area (Å²) in [6.07, 6.45) is 0.868. The van der Waals surface area contributed by atoms with Crippen molar-refractivity contribution in [2.75, 3.05) is 6.54 Å². The minimum atomic E-state index is -0.814. The fourth-order valence-corrected chi connectivity index (χ4v) is 2.36. The number of alkyl halides is 1. The predicted octanol–water partition coefficient (Wildman–Crippen LogP) is 4.10. The maximum atomic E-state index is 13.3. The third-order valence-corrected chi connectivity index (χ3v) is 2.86. The van der Waals surface area contributed by atoms with Gasteiger partial charge in [0, 0.05) is 24.0 Å². The summed E-state index contributed by atoms with van der Waals surface area (Å²) in [5.41, 5.74) is 0.493. The summed E-state index contributed by atoms with van der Waals surface area (Å²) in [5.74, 6) is -1.60. The van der Waals surface area contributed by atoms with Crippen LogP contribution in [0.4, 0.5) is 8.78 Å². The van der Waals surface area contributed by atoms with Crippen molar-refractivity contribution in [1.29, 1.82) is 0 Å². The monoisotopic (exact) mass is 275 g/mol. The smallest absolute Gasteiger partial charge is 0.163 e. The fraction of sp³-hybridized carbons (Fsp3) is 0.571. The Morgan fingerprint density at radius 1 is 1.28 bits per heavy atom. The number of benzene rings is 1. The van der Waals surface area contributed by atoms with Crippen LogP contribution in [0.5, 0.6) is 0 Å². The van der Waals surface area contributed by atoms with E-state index in [0.717, 1.165) is 12.5 Å². The lowest BCUT2D eigenvalue weighted by Crippen LogP contribution is -2.26. The molecule has 0 saturated carbocycles. The second kappa shape index (κ2) is 6.48. The molecule has 0 aliphatic carbocycles. The number of rotatable bonds is 5. The van der Waals surface area contributed by atoms with E-state index >= 15 is 0 Å². The van der Waals surface area contributed by atoms with E-state index in [9.17, 15) is 8.78 Å². The summed E-state index contributed by atoms with van der Waals surface area (Å²) in [6.45, 7) is 7.23. The molecule has 1 aromatic rings. The molecule has 1 nitrogen and oxygen atoms in total. The molecule has 0 heterocycles. The van der Waals surface area contributed by atoms with Crippen LogP contribution in [-0.4, -0.2) is 11.9 Å². The van der Waals surface area contributed by atoms with E-state index in [1.54, 1.807) is 6.07 Å². The zero-order chi connectivity index (χ0) is 13.8. The summed E-state index contributed by atoms with van der Waals surface area (Å²) in [7, 11) is 0. The normalized spacial score (nSPS) is 13.7. The van der Waals surface area contributed by atoms with Gasteiger partial charge in [-0.15, -0.1) is 11.6 Å². The summed E-state index contributed by atoms with van der Waals surface area (Å²) in [4.78, 5) is 0. The minimum absolute atomic E-state index is 0.0124. The standard InChI is InChI=1S/C14H20ClF2N/c1-14(2,3)7-11(15)9-18-8-10-5-4-6-12(16)13(10)17/h4-6,11,18H,7-9H2,1-3H3. The molecular formula is C14H20ClF2N. The van der Waals surface area contributed by atoms with E-state index in [0.29, 0.717) is 12.1 Å². The Kier molecular flexibility index (Phi) is 5.54. The van der Waals surface area contributed by atoms with Crippen molar-refractivity contribution < 1.29 is 8.78 Å². The molecule has 0 aromatic heterocycles. The molecule has 0 fully saturated rings. The highest BCUT2D eigenvalue weighted by Gasteiger charge is 2.16. The van der Waals surface area contributed by atoms with Crippen molar-refractivity contribution in [3.05, 3.63) is 35.4 Å². The zero-order valence-corrected chi connectivity index (χ0v) is 11.8. The molecule has 0 radical (unpaired) electrons. The van der Waals surface area contributed by atoms with Crippen LogP contribution in [0.15, 0.2) is 18.2 Å². The van der Waals surface area contributed by atoms with Gasteiger partial charge in [0.2, 0.25) is 0 Å². The van der Waals surface area contributed by atoms with E-state index in [1.165, 1.54) is 6.07 Å². The van der Waals surface area contributed by atoms with E-state index in [4.69, 9.17) is 11.6 Å². The van der Waals surface area contributed by atoms with Gasteiger partial charge >= 0.3 is 0 Å². The molecular weight excluding hydrogens is 256 g/mol.